The molecule has 3 nitrogen and oxygen atoms in total. The fourth-order valence-electron chi connectivity index (χ4n) is 0.674. The van der Waals surface area contributed by atoms with Gasteiger partial charge in [-0.2, -0.15) is 5.56 Å². The van der Waals surface area contributed by atoms with Gasteiger partial charge in [0.05, 0.1) is 6.29 Å². The van der Waals surface area contributed by atoms with Gasteiger partial charge in [0.2, 0.25) is 0 Å². The molecule has 0 saturated carbocycles. The molecule has 0 aliphatic carbocycles. The number of aldehydes is 1. The molecule has 1 heterocycles. The first-order valence-electron chi connectivity index (χ1n) is 2.62. The van der Waals surface area contributed by atoms with Crippen molar-refractivity contribution in [3.63, 3.8) is 0 Å². The smallest absolute Gasteiger partial charge is 0.379 e. The van der Waals surface area contributed by atoms with E-state index in [0.29, 0.717) is 5.69 Å². The van der Waals surface area contributed by atoms with E-state index in [0.717, 1.165) is 11.8 Å². The summed E-state index contributed by atoms with van der Waals surface area (Å²) in [6, 6.07) is 0. The number of carbonyl (C=O) groups excluding carboxylic acids is 1. The van der Waals surface area contributed by atoms with Crippen LogP contribution in [-0.2, 0) is 28.1 Å². The number of hydrogen-bond donors (Lipinski definition) is 0. The molecule has 0 bridgehead atoms. The van der Waals surface area contributed by atoms with Crippen molar-refractivity contribution in [1.29, 1.82) is 0 Å². The third kappa shape index (κ3) is 1.77. The molecule has 0 amide bonds. The molecule has 0 aromatic carbocycles. The minimum absolute atomic E-state index is 0. The van der Waals surface area contributed by atoms with E-state index in [1.807, 2.05) is 0 Å². The Morgan fingerprint density at radius 1 is 1.70 bits per heavy atom. The molecule has 0 atom stereocenters. The summed E-state index contributed by atoms with van der Waals surface area (Å²) in [6.07, 6.45) is 3.56. The van der Waals surface area contributed by atoms with Crippen molar-refractivity contribution >= 4 is 6.29 Å². The fraction of sp³-hybridized carbons (Fsp3) is 0.333. The molecule has 0 spiro atoms. The molecule has 10 heavy (non-hydrogen) atoms. The van der Waals surface area contributed by atoms with Gasteiger partial charge in [0.25, 0.3) is 0 Å². The topological polar surface area (TPSA) is 34.9 Å². The molecule has 1 aromatic rings. The third-order valence-corrected chi connectivity index (χ3v) is 1.08. The van der Waals surface area contributed by atoms with Gasteiger partial charge in [-0.05, 0) is 5.69 Å². The monoisotopic (exact) mass is 307 g/mol. The van der Waals surface area contributed by atoms with Crippen molar-refractivity contribution in [2.75, 3.05) is 0 Å². The van der Waals surface area contributed by atoms with Gasteiger partial charge in [-0.3, -0.25) is 5.10 Å². The predicted molar refractivity (Wildman–Crippen MR) is 32.2 cm³/mol. The Bertz CT molecular complexity index is 232. The van der Waals surface area contributed by atoms with Crippen LogP contribution in [0.25, 0.3) is 0 Å². The van der Waals surface area contributed by atoms with E-state index >= 15 is 0 Å². The van der Waals surface area contributed by atoms with Gasteiger partial charge in [0.1, 0.15) is 0 Å². The molecule has 0 radical (unpaired) electrons. The van der Waals surface area contributed by atoms with Gasteiger partial charge in [-0.15, -0.1) is 6.20 Å². The summed E-state index contributed by atoms with van der Waals surface area (Å²) in [6.45, 7) is 1.80. The van der Waals surface area contributed by atoms with E-state index in [1.165, 1.54) is 4.68 Å². The van der Waals surface area contributed by atoms with Crippen molar-refractivity contribution in [3.8, 4) is 0 Å². The first-order chi connectivity index (χ1) is 4.24. The van der Waals surface area contributed by atoms with Crippen LogP contribution in [-0.4, -0.2) is 16.1 Å². The summed E-state index contributed by atoms with van der Waals surface area (Å²) in [5.74, 6) is 0. The molecular formula is C6H7N2OW+. The summed E-state index contributed by atoms with van der Waals surface area (Å²) < 4.78 is 1.50. The SMILES string of the molecule is Cc1[c-]n(C)nc1C=O.[W+2]. The van der Waals surface area contributed by atoms with Crippen LogP contribution in [0.5, 0.6) is 0 Å². The van der Waals surface area contributed by atoms with Crippen LogP contribution in [0, 0.1) is 13.1 Å². The Kier molecular flexibility index (Phi) is 3.51. The average molecular weight is 307 g/mol. The molecule has 0 aliphatic heterocycles. The third-order valence-electron chi connectivity index (χ3n) is 1.08. The predicted octanol–water partition coefficient (Wildman–Crippen LogP) is 0.339. The van der Waals surface area contributed by atoms with E-state index in [9.17, 15) is 4.79 Å². The van der Waals surface area contributed by atoms with Gasteiger partial charge < -0.3 is 9.48 Å². The van der Waals surface area contributed by atoms with Crippen molar-refractivity contribution < 1.29 is 25.9 Å². The van der Waals surface area contributed by atoms with Crippen LogP contribution < -0.4 is 0 Å². The Balaban J connectivity index is 0.000000810. The zero-order valence-corrected chi connectivity index (χ0v) is 8.72. The second kappa shape index (κ2) is 3.67. The summed E-state index contributed by atoms with van der Waals surface area (Å²) in [5.41, 5.74) is 1.27. The fourth-order valence-corrected chi connectivity index (χ4v) is 0.674. The van der Waals surface area contributed by atoms with Crippen LogP contribution in [0.15, 0.2) is 0 Å². The molecular weight excluding hydrogens is 300 g/mol. The van der Waals surface area contributed by atoms with Gasteiger partial charge >= 0.3 is 21.1 Å². The van der Waals surface area contributed by atoms with Crippen LogP contribution >= 0.6 is 0 Å². The summed E-state index contributed by atoms with van der Waals surface area (Å²) in [5, 5.41) is 3.82. The second-order valence-corrected chi connectivity index (χ2v) is 1.86. The zero-order chi connectivity index (χ0) is 6.85. The Morgan fingerprint density at radius 3 is 2.50 bits per heavy atom. The molecule has 0 aliphatic rings. The Labute approximate surface area is 73.7 Å². The number of rotatable bonds is 1. The quantitative estimate of drug-likeness (QED) is 0.554. The van der Waals surface area contributed by atoms with E-state index in [4.69, 9.17) is 0 Å². The summed E-state index contributed by atoms with van der Waals surface area (Å²) >= 11 is 0. The maximum atomic E-state index is 10.1. The minimum atomic E-state index is 0. The second-order valence-electron chi connectivity index (χ2n) is 1.86. The molecule has 4 heteroatoms. The molecule has 1 aromatic heterocycles. The molecule has 0 fully saturated rings. The van der Waals surface area contributed by atoms with Crippen molar-refractivity contribution in [2.24, 2.45) is 7.05 Å². The van der Waals surface area contributed by atoms with Crippen LogP contribution in [0.3, 0.4) is 0 Å². The normalized spacial score (nSPS) is 8.60. The first-order valence-corrected chi connectivity index (χ1v) is 2.62. The van der Waals surface area contributed by atoms with Crippen molar-refractivity contribution in [2.45, 2.75) is 6.92 Å². The van der Waals surface area contributed by atoms with E-state index in [-0.39, 0.29) is 21.1 Å². The average Bonchev–Trinajstić information content (AvgIpc) is 2.10. The molecule has 52 valence electrons. The minimum Gasteiger partial charge on any atom is -0.379 e. The zero-order valence-electron chi connectivity index (χ0n) is 5.79. The van der Waals surface area contributed by atoms with E-state index in [1.54, 1.807) is 14.0 Å². The summed E-state index contributed by atoms with van der Waals surface area (Å²) in [4.78, 5) is 10.1. The number of nitrogens with zero attached hydrogens (tertiary/aromatic N) is 2. The Hall–Kier alpha value is -0.432. The van der Waals surface area contributed by atoms with E-state index < -0.39 is 0 Å². The van der Waals surface area contributed by atoms with Crippen LogP contribution in [0.4, 0.5) is 0 Å². The number of aromatic nitrogens is 2. The van der Waals surface area contributed by atoms with Gasteiger partial charge in [-0.25, -0.2) is 0 Å². The number of aryl methyl sites for hydroxylation is 2. The van der Waals surface area contributed by atoms with Gasteiger partial charge in [0.15, 0.2) is 0 Å². The molecule has 0 N–H and O–H groups in total. The van der Waals surface area contributed by atoms with Gasteiger partial charge in [-0.1, -0.05) is 6.92 Å². The van der Waals surface area contributed by atoms with Crippen LogP contribution in [0.1, 0.15) is 16.1 Å². The molecule has 1 rings (SSSR count). The molecule has 0 unspecified atom stereocenters. The maximum absolute atomic E-state index is 10.1. The standard InChI is InChI=1S/C6H7N2O.W/c1-5-3-8(2)7-6(5)4-9;/h4H,1-2H3;/q-1;+2. The largest absolute Gasteiger partial charge is 2.00 e. The number of carbonyl (C=O) groups is 1. The summed E-state index contributed by atoms with van der Waals surface area (Å²) in [7, 11) is 1.74. The van der Waals surface area contributed by atoms with Gasteiger partial charge in [0, 0.05) is 7.05 Å². The van der Waals surface area contributed by atoms with Crippen molar-refractivity contribution in [3.05, 3.63) is 17.5 Å². The van der Waals surface area contributed by atoms with Crippen molar-refractivity contribution in [1.82, 2.24) is 9.78 Å². The van der Waals surface area contributed by atoms with E-state index in [2.05, 4.69) is 11.3 Å². The first kappa shape index (κ1) is 9.57. The maximum Gasteiger partial charge on any atom is 2.00 e. The Morgan fingerprint density at radius 2 is 2.30 bits per heavy atom. The number of hydrogen-bond acceptors (Lipinski definition) is 2. The van der Waals surface area contributed by atoms with Crippen LogP contribution in [0.2, 0.25) is 0 Å². The molecule has 0 saturated heterocycles.